The Kier molecular flexibility index (Phi) is 3.12. The molecule has 1 aliphatic rings. The number of halogens is 2. The summed E-state index contributed by atoms with van der Waals surface area (Å²) in [6.45, 7) is 5.39. The number of anilines is 1. The maximum absolute atomic E-state index is 14.0. The molecule has 1 N–H and O–H groups in total. The molecule has 0 radical (unpaired) electrons. The van der Waals surface area contributed by atoms with Crippen LogP contribution < -0.4 is 10.1 Å². The molecule has 110 valence electrons. The molecule has 2 aromatic carbocycles. The van der Waals surface area contributed by atoms with E-state index in [2.05, 4.69) is 5.32 Å². The Morgan fingerprint density at radius 2 is 1.81 bits per heavy atom. The minimum atomic E-state index is -0.544. The maximum atomic E-state index is 14.0. The van der Waals surface area contributed by atoms with Crippen molar-refractivity contribution in [1.82, 2.24) is 0 Å². The number of hydrogen-bond acceptors (Lipinski definition) is 2. The average Bonchev–Trinajstić information content (AvgIpc) is 2.67. The molecule has 0 aromatic heterocycles. The van der Waals surface area contributed by atoms with Crippen molar-refractivity contribution in [3.8, 4) is 5.75 Å². The fourth-order valence-corrected chi connectivity index (χ4v) is 2.69. The van der Waals surface area contributed by atoms with Gasteiger partial charge in [-0.25, -0.2) is 8.78 Å². The van der Waals surface area contributed by atoms with E-state index < -0.39 is 17.2 Å². The van der Waals surface area contributed by atoms with Gasteiger partial charge in [0.25, 0.3) is 0 Å². The Hall–Kier alpha value is -2.10. The predicted molar refractivity (Wildman–Crippen MR) is 78.6 cm³/mol. The van der Waals surface area contributed by atoms with Gasteiger partial charge in [-0.15, -0.1) is 0 Å². The van der Waals surface area contributed by atoms with E-state index in [9.17, 15) is 8.78 Å². The highest BCUT2D eigenvalue weighted by atomic mass is 19.1. The zero-order chi connectivity index (χ0) is 15.2. The Labute approximate surface area is 122 Å². The third-order valence-corrected chi connectivity index (χ3v) is 3.85. The van der Waals surface area contributed by atoms with E-state index in [0.29, 0.717) is 5.56 Å². The molecule has 1 atom stereocenters. The molecule has 0 saturated carbocycles. The summed E-state index contributed by atoms with van der Waals surface area (Å²) in [4.78, 5) is 0. The van der Waals surface area contributed by atoms with Crippen LogP contribution in [0.2, 0.25) is 0 Å². The van der Waals surface area contributed by atoms with Crippen LogP contribution in [0.4, 0.5) is 14.5 Å². The van der Waals surface area contributed by atoms with Gasteiger partial charge in [-0.3, -0.25) is 0 Å². The highest BCUT2D eigenvalue weighted by molar-refractivity contribution is 5.53. The van der Waals surface area contributed by atoms with Crippen LogP contribution in [0.15, 0.2) is 36.4 Å². The summed E-state index contributed by atoms with van der Waals surface area (Å²) in [6, 6.07) is 9.77. The molecule has 4 heteroatoms. The zero-order valence-corrected chi connectivity index (χ0v) is 12.2. The maximum Gasteiger partial charge on any atom is 0.146 e. The zero-order valence-electron chi connectivity index (χ0n) is 12.2. The first kappa shape index (κ1) is 13.9. The van der Waals surface area contributed by atoms with Crippen molar-refractivity contribution >= 4 is 5.69 Å². The lowest BCUT2D eigenvalue weighted by atomic mass is 9.94. The summed E-state index contributed by atoms with van der Waals surface area (Å²) >= 11 is 0. The molecule has 0 aliphatic carbocycles. The molecule has 3 rings (SSSR count). The van der Waals surface area contributed by atoms with Crippen LogP contribution in [-0.4, -0.2) is 5.60 Å². The van der Waals surface area contributed by atoms with Gasteiger partial charge in [-0.1, -0.05) is 18.2 Å². The highest BCUT2D eigenvalue weighted by Gasteiger charge is 2.41. The molecule has 0 fully saturated rings. The molecule has 2 nitrogen and oxygen atoms in total. The summed E-state index contributed by atoms with van der Waals surface area (Å²) in [5.74, 6) is -0.119. The molecule has 0 amide bonds. The second-order valence-corrected chi connectivity index (χ2v) is 5.90. The first-order valence-corrected chi connectivity index (χ1v) is 6.88. The van der Waals surface area contributed by atoms with Gasteiger partial charge < -0.3 is 10.1 Å². The van der Waals surface area contributed by atoms with Gasteiger partial charge in [-0.05, 0) is 38.5 Å². The standard InChI is InChI=1S/C17H17F2NO/c1-10-8-13(19)14(9-12(10)18)20-16-11-6-4-5-7-15(11)21-17(16,2)3/h4-9,16,20H,1-3H3. The number of nitrogens with one attached hydrogen (secondary N) is 1. The van der Waals surface area contributed by atoms with Crippen LogP contribution in [0.25, 0.3) is 0 Å². The Morgan fingerprint density at radius 3 is 2.57 bits per heavy atom. The molecule has 1 aliphatic heterocycles. The van der Waals surface area contributed by atoms with Gasteiger partial charge in [0.05, 0.1) is 11.7 Å². The van der Waals surface area contributed by atoms with E-state index in [4.69, 9.17) is 4.74 Å². The van der Waals surface area contributed by atoms with E-state index >= 15 is 0 Å². The van der Waals surface area contributed by atoms with Gasteiger partial charge in [0, 0.05) is 11.6 Å². The van der Waals surface area contributed by atoms with Crippen molar-refractivity contribution in [1.29, 1.82) is 0 Å². The summed E-state index contributed by atoms with van der Waals surface area (Å²) < 4.78 is 33.6. The summed E-state index contributed by atoms with van der Waals surface area (Å²) in [5.41, 5.74) is 0.844. The molecule has 0 bridgehead atoms. The molecular weight excluding hydrogens is 272 g/mol. The Bertz CT molecular complexity index is 697. The summed E-state index contributed by atoms with van der Waals surface area (Å²) in [5, 5.41) is 3.08. The number of para-hydroxylation sites is 1. The van der Waals surface area contributed by atoms with Crippen LogP contribution in [-0.2, 0) is 0 Å². The lowest BCUT2D eigenvalue weighted by Crippen LogP contribution is -2.35. The van der Waals surface area contributed by atoms with Crippen molar-refractivity contribution in [3.05, 3.63) is 59.2 Å². The fraction of sp³-hybridized carbons (Fsp3) is 0.294. The number of benzene rings is 2. The second-order valence-electron chi connectivity index (χ2n) is 5.90. The Morgan fingerprint density at radius 1 is 1.10 bits per heavy atom. The van der Waals surface area contributed by atoms with Crippen LogP contribution in [0.1, 0.15) is 31.0 Å². The third-order valence-electron chi connectivity index (χ3n) is 3.85. The normalized spacial score (nSPS) is 19.0. The van der Waals surface area contributed by atoms with Gasteiger partial charge in [0.15, 0.2) is 0 Å². The number of aryl methyl sites for hydroxylation is 1. The lowest BCUT2D eigenvalue weighted by Gasteiger charge is -2.28. The van der Waals surface area contributed by atoms with E-state index in [1.54, 1.807) is 6.92 Å². The summed E-state index contributed by atoms with van der Waals surface area (Å²) in [7, 11) is 0. The second kappa shape index (κ2) is 4.72. The predicted octanol–water partition coefficient (Wildman–Crippen LogP) is 4.60. The molecule has 2 aromatic rings. The highest BCUT2D eigenvalue weighted by Crippen LogP contribution is 2.44. The van der Waals surface area contributed by atoms with Gasteiger partial charge >= 0.3 is 0 Å². The van der Waals surface area contributed by atoms with E-state index in [1.807, 2.05) is 38.1 Å². The van der Waals surface area contributed by atoms with Crippen molar-refractivity contribution in [2.75, 3.05) is 5.32 Å². The molecule has 21 heavy (non-hydrogen) atoms. The van der Waals surface area contributed by atoms with E-state index in [1.165, 1.54) is 12.1 Å². The lowest BCUT2D eigenvalue weighted by molar-refractivity contribution is 0.118. The smallest absolute Gasteiger partial charge is 0.146 e. The van der Waals surface area contributed by atoms with Gasteiger partial charge in [0.2, 0.25) is 0 Å². The van der Waals surface area contributed by atoms with Crippen molar-refractivity contribution in [3.63, 3.8) is 0 Å². The van der Waals surface area contributed by atoms with E-state index in [0.717, 1.165) is 11.3 Å². The average molecular weight is 289 g/mol. The molecule has 0 spiro atoms. The largest absolute Gasteiger partial charge is 0.485 e. The molecular formula is C17H17F2NO. The monoisotopic (exact) mass is 289 g/mol. The SMILES string of the molecule is Cc1cc(F)c(NC2c3ccccc3OC2(C)C)cc1F. The molecule has 0 saturated heterocycles. The van der Waals surface area contributed by atoms with Crippen molar-refractivity contribution < 1.29 is 13.5 Å². The number of fused-ring (bicyclic) bond motifs is 1. The summed E-state index contributed by atoms with van der Waals surface area (Å²) in [6.07, 6.45) is 0. The first-order chi connectivity index (χ1) is 9.88. The van der Waals surface area contributed by atoms with Crippen LogP contribution in [0, 0.1) is 18.6 Å². The number of rotatable bonds is 2. The fourth-order valence-electron chi connectivity index (χ4n) is 2.69. The van der Waals surface area contributed by atoms with Crippen LogP contribution in [0.5, 0.6) is 5.75 Å². The molecule has 1 heterocycles. The minimum absolute atomic E-state index is 0.150. The van der Waals surface area contributed by atoms with Crippen molar-refractivity contribution in [2.45, 2.75) is 32.4 Å². The topological polar surface area (TPSA) is 21.3 Å². The van der Waals surface area contributed by atoms with E-state index in [-0.39, 0.29) is 11.7 Å². The van der Waals surface area contributed by atoms with Crippen LogP contribution in [0.3, 0.4) is 0 Å². The van der Waals surface area contributed by atoms with Gasteiger partial charge in [0.1, 0.15) is 23.0 Å². The first-order valence-electron chi connectivity index (χ1n) is 6.88. The number of hydrogen-bond donors (Lipinski definition) is 1. The van der Waals surface area contributed by atoms with Gasteiger partial charge in [-0.2, -0.15) is 0 Å². The third kappa shape index (κ3) is 2.35. The van der Waals surface area contributed by atoms with Crippen LogP contribution >= 0.6 is 0 Å². The molecule has 1 unspecified atom stereocenters. The number of ether oxygens (including phenoxy) is 1. The quantitative estimate of drug-likeness (QED) is 0.872. The minimum Gasteiger partial charge on any atom is -0.485 e. The Balaban J connectivity index is 1.99. The van der Waals surface area contributed by atoms with Crippen molar-refractivity contribution in [2.24, 2.45) is 0 Å².